The molecule has 2 amide bonds. The largest absolute Gasteiger partial charge is 0.497 e. The van der Waals surface area contributed by atoms with E-state index in [-0.39, 0.29) is 0 Å². The molecule has 20 heavy (non-hydrogen) atoms. The van der Waals surface area contributed by atoms with Crippen molar-refractivity contribution < 1.29 is 19.4 Å². The predicted molar refractivity (Wildman–Crippen MR) is 74.0 cm³/mol. The van der Waals surface area contributed by atoms with Gasteiger partial charge in [0.1, 0.15) is 11.3 Å². The van der Waals surface area contributed by atoms with Crippen LogP contribution in [0, 0.1) is 0 Å². The lowest BCUT2D eigenvalue weighted by atomic mass is 9.98. The Kier molecular flexibility index (Phi) is 4.12. The Balaban J connectivity index is 2.02. The van der Waals surface area contributed by atoms with Crippen molar-refractivity contribution >= 4 is 17.7 Å². The van der Waals surface area contributed by atoms with Crippen LogP contribution in [0.1, 0.15) is 25.7 Å². The standard InChI is InChI=1S/C14H18N2O4/c1-20-11-6-4-5-10(9-11)15-13(19)16-14(12(17)18)7-2-3-8-14/h4-6,9H,2-3,7-8H2,1H3,(H,17,18)(H2,15,16,19). The third-order valence-electron chi connectivity index (χ3n) is 3.55. The van der Waals surface area contributed by atoms with Gasteiger partial charge in [-0.1, -0.05) is 18.9 Å². The van der Waals surface area contributed by atoms with E-state index >= 15 is 0 Å². The van der Waals surface area contributed by atoms with E-state index in [0.717, 1.165) is 12.8 Å². The molecule has 6 nitrogen and oxygen atoms in total. The first-order valence-electron chi connectivity index (χ1n) is 6.52. The molecule has 108 valence electrons. The molecule has 0 heterocycles. The number of amides is 2. The van der Waals surface area contributed by atoms with Gasteiger partial charge in [0.2, 0.25) is 0 Å². The SMILES string of the molecule is COc1cccc(NC(=O)NC2(C(=O)O)CCCC2)c1. The first kappa shape index (κ1) is 14.2. The van der Waals surface area contributed by atoms with Crippen LogP contribution < -0.4 is 15.4 Å². The number of methoxy groups -OCH3 is 1. The normalized spacial score (nSPS) is 16.4. The summed E-state index contributed by atoms with van der Waals surface area (Å²) in [5.41, 5.74) is -0.580. The Morgan fingerprint density at radius 1 is 1.30 bits per heavy atom. The second kappa shape index (κ2) is 5.81. The smallest absolute Gasteiger partial charge is 0.329 e. The third kappa shape index (κ3) is 3.01. The van der Waals surface area contributed by atoms with Gasteiger partial charge in [-0.05, 0) is 25.0 Å². The van der Waals surface area contributed by atoms with Crippen LogP contribution in [0.4, 0.5) is 10.5 Å². The number of hydrogen-bond acceptors (Lipinski definition) is 3. The average Bonchev–Trinajstić information content (AvgIpc) is 2.88. The maximum absolute atomic E-state index is 12.0. The second-order valence-electron chi connectivity index (χ2n) is 4.91. The van der Waals surface area contributed by atoms with Gasteiger partial charge in [0.15, 0.2) is 0 Å². The summed E-state index contributed by atoms with van der Waals surface area (Å²) in [5.74, 6) is -0.354. The van der Waals surface area contributed by atoms with Crippen LogP contribution in [-0.2, 0) is 4.79 Å². The minimum absolute atomic E-state index is 0.466. The molecule has 1 fully saturated rings. The average molecular weight is 278 g/mol. The number of carboxylic acids is 1. The van der Waals surface area contributed by atoms with E-state index < -0.39 is 17.5 Å². The number of rotatable bonds is 4. The Labute approximate surface area is 117 Å². The molecule has 0 saturated heterocycles. The minimum atomic E-state index is -1.14. The zero-order valence-electron chi connectivity index (χ0n) is 11.3. The predicted octanol–water partition coefficient (Wildman–Crippen LogP) is 2.21. The van der Waals surface area contributed by atoms with Crippen LogP contribution in [0.5, 0.6) is 5.75 Å². The molecule has 1 aromatic carbocycles. The number of hydrogen-bond donors (Lipinski definition) is 3. The van der Waals surface area contributed by atoms with Crippen molar-refractivity contribution in [2.24, 2.45) is 0 Å². The highest BCUT2D eigenvalue weighted by Gasteiger charge is 2.42. The number of urea groups is 1. The maximum Gasteiger partial charge on any atom is 0.329 e. The molecule has 0 aromatic heterocycles. The molecule has 0 atom stereocenters. The molecule has 0 bridgehead atoms. The number of carboxylic acid groups (broad SMARTS) is 1. The summed E-state index contributed by atoms with van der Waals surface area (Å²) < 4.78 is 5.06. The fraction of sp³-hybridized carbons (Fsp3) is 0.429. The Hall–Kier alpha value is -2.24. The van der Waals surface area contributed by atoms with Gasteiger partial charge in [0.25, 0.3) is 0 Å². The molecule has 1 aliphatic rings. The number of anilines is 1. The first-order valence-corrected chi connectivity index (χ1v) is 6.52. The summed E-state index contributed by atoms with van der Waals surface area (Å²) in [4.78, 5) is 23.3. The Morgan fingerprint density at radius 2 is 2.00 bits per heavy atom. The number of aliphatic carboxylic acids is 1. The Morgan fingerprint density at radius 3 is 2.60 bits per heavy atom. The van der Waals surface area contributed by atoms with E-state index in [0.29, 0.717) is 24.3 Å². The number of nitrogens with one attached hydrogen (secondary N) is 2. The van der Waals surface area contributed by atoms with Crippen LogP contribution in [0.15, 0.2) is 24.3 Å². The van der Waals surface area contributed by atoms with E-state index in [4.69, 9.17) is 4.74 Å². The zero-order valence-corrected chi connectivity index (χ0v) is 11.3. The van der Waals surface area contributed by atoms with Crippen LogP contribution in [0.3, 0.4) is 0 Å². The van der Waals surface area contributed by atoms with Gasteiger partial charge in [0.05, 0.1) is 7.11 Å². The highest BCUT2D eigenvalue weighted by atomic mass is 16.5. The Bertz CT molecular complexity index is 510. The summed E-state index contributed by atoms with van der Waals surface area (Å²) in [6.07, 6.45) is 2.55. The molecule has 0 aliphatic heterocycles. The number of benzene rings is 1. The van der Waals surface area contributed by atoms with Crippen molar-refractivity contribution in [2.45, 2.75) is 31.2 Å². The van der Waals surface area contributed by atoms with Crippen LogP contribution >= 0.6 is 0 Å². The second-order valence-corrected chi connectivity index (χ2v) is 4.91. The molecule has 1 saturated carbocycles. The lowest BCUT2D eigenvalue weighted by molar-refractivity contribution is -0.144. The van der Waals surface area contributed by atoms with Crippen molar-refractivity contribution in [1.29, 1.82) is 0 Å². The van der Waals surface area contributed by atoms with Gasteiger partial charge in [-0.15, -0.1) is 0 Å². The highest BCUT2D eigenvalue weighted by molar-refractivity contribution is 5.94. The fourth-order valence-corrected chi connectivity index (χ4v) is 2.45. The fourth-order valence-electron chi connectivity index (χ4n) is 2.45. The topological polar surface area (TPSA) is 87.7 Å². The van der Waals surface area contributed by atoms with Crippen LogP contribution in [0.25, 0.3) is 0 Å². The molecular formula is C14H18N2O4. The van der Waals surface area contributed by atoms with Crippen LogP contribution in [0.2, 0.25) is 0 Å². The van der Waals surface area contributed by atoms with E-state index in [2.05, 4.69) is 10.6 Å². The van der Waals surface area contributed by atoms with Crippen molar-refractivity contribution in [3.63, 3.8) is 0 Å². The van der Waals surface area contributed by atoms with Gasteiger partial charge < -0.3 is 20.5 Å². The van der Waals surface area contributed by atoms with Crippen molar-refractivity contribution in [2.75, 3.05) is 12.4 Å². The minimum Gasteiger partial charge on any atom is -0.497 e. The van der Waals surface area contributed by atoms with E-state index in [1.54, 1.807) is 24.3 Å². The van der Waals surface area contributed by atoms with Crippen LogP contribution in [-0.4, -0.2) is 29.8 Å². The van der Waals surface area contributed by atoms with Gasteiger partial charge >= 0.3 is 12.0 Å². The summed E-state index contributed by atoms with van der Waals surface area (Å²) in [5, 5.41) is 14.5. The van der Waals surface area contributed by atoms with Crippen molar-refractivity contribution in [1.82, 2.24) is 5.32 Å². The van der Waals surface area contributed by atoms with E-state index in [1.165, 1.54) is 7.11 Å². The summed E-state index contributed by atoms with van der Waals surface area (Å²) in [7, 11) is 1.54. The molecule has 1 aliphatic carbocycles. The first-order chi connectivity index (χ1) is 9.55. The lowest BCUT2D eigenvalue weighted by Crippen LogP contribution is -2.53. The molecule has 2 rings (SSSR count). The summed E-state index contributed by atoms with van der Waals surface area (Å²) in [6, 6.07) is 6.38. The summed E-state index contributed by atoms with van der Waals surface area (Å²) >= 11 is 0. The molecule has 0 spiro atoms. The third-order valence-corrected chi connectivity index (χ3v) is 3.55. The molecule has 3 N–H and O–H groups in total. The quantitative estimate of drug-likeness (QED) is 0.788. The van der Waals surface area contributed by atoms with Crippen molar-refractivity contribution in [3.05, 3.63) is 24.3 Å². The number of ether oxygens (including phenoxy) is 1. The lowest BCUT2D eigenvalue weighted by Gasteiger charge is -2.25. The van der Waals surface area contributed by atoms with Crippen molar-refractivity contribution in [3.8, 4) is 5.75 Å². The maximum atomic E-state index is 12.0. The van der Waals surface area contributed by atoms with Gasteiger partial charge in [-0.2, -0.15) is 0 Å². The number of carbonyl (C=O) groups excluding carboxylic acids is 1. The van der Waals surface area contributed by atoms with E-state index in [1.807, 2.05) is 0 Å². The molecular weight excluding hydrogens is 260 g/mol. The number of carbonyl (C=O) groups is 2. The van der Waals surface area contributed by atoms with Gasteiger partial charge in [-0.25, -0.2) is 9.59 Å². The zero-order chi connectivity index (χ0) is 14.6. The molecule has 1 aromatic rings. The highest BCUT2D eigenvalue weighted by Crippen LogP contribution is 2.30. The van der Waals surface area contributed by atoms with Gasteiger partial charge in [0, 0.05) is 11.8 Å². The summed E-state index contributed by atoms with van der Waals surface area (Å²) in [6.45, 7) is 0. The van der Waals surface area contributed by atoms with Gasteiger partial charge in [-0.3, -0.25) is 0 Å². The molecule has 6 heteroatoms. The van der Waals surface area contributed by atoms with E-state index in [9.17, 15) is 14.7 Å². The molecule has 0 unspecified atom stereocenters. The monoisotopic (exact) mass is 278 g/mol. The molecule has 0 radical (unpaired) electrons.